The van der Waals surface area contributed by atoms with Gasteiger partial charge in [0.1, 0.15) is 11.4 Å². The second-order valence-corrected chi connectivity index (χ2v) is 16.3. The number of piperidine rings is 2. The van der Waals surface area contributed by atoms with E-state index < -0.39 is 12.1 Å². The van der Waals surface area contributed by atoms with Gasteiger partial charge < -0.3 is 25.0 Å². The summed E-state index contributed by atoms with van der Waals surface area (Å²) in [5.74, 6) is -0.226. The predicted octanol–water partition coefficient (Wildman–Crippen LogP) is 9.31. The van der Waals surface area contributed by atoms with Gasteiger partial charge in [0.2, 0.25) is 5.91 Å². The zero-order valence-electron chi connectivity index (χ0n) is 34.3. The quantitative estimate of drug-likeness (QED) is 0.113. The van der Waals surface area contributed by atoms with E-state index in [0.29, 0.717) is 13.1 Å². The van der Waals surface area contributed by atoms with Crippen LogP contribution in [0.25, 0.3) is 22.4 Å². The van der Waals surface area contributed by atoms with Crippen LogP contribution >= 0.6 is 11.5 Å². The molecule has 2 saturated heterocycles. The van der Waals surface area contributed by atoms with Gasteiger partial charge in [0.25, 0.3) is 5.91 Å². The van der Waals surface area contributed by atoms with Crippen molar-refractivity contribution >= 4 is 29.3 Å². The van der Waals surface area contributed by atoms with E-state index in [2.05, 4.69) is 51.3 Å². The molecule has 0 saturated carbocycles. The topological polar surface area (TPSA) is 125 Å². The molecule has 1 aromatic heterocycles. The van der Waals surface area contributed by atoms with Crippen LogP contribution in [0.4, 0.5) is 13.2 Å². The van der Waals surface area contributed by atoms with Crippen molar-refractivity contribution in [3.8, 4) is 28.1 Å². The zero-order valence-corrected chi connectivity index (χ0v) is 35.1. The summed E-state index contributed by atoms with van der Waals surface area (Å²) in [7, 11) is 1.64. The van der Waals surface area contributed by atoms with E-state index in [4.69, 9.17) is 14.6 Å². The average molecular weight is 856 g/mol. The summed E-state index contributed by atoms with van der Waals surface area (Å²) in [4.78, 5) is 40.6. The summed E-state index contributed by atoms with van der Waals surface area (Å²) in [6.07, 6.45) is 3.99. The van der Waals surface area contributed by atoms with Crippen molar-refractivity contribution in [3.63, 3.8) is 0 Å². The summed E-state index contributed by atoms with van der Waals surface area (Å²) < 4.78 is 41.1. The van der Waals surface area contributed by atoms with Crippen molar-refractivity contribution in [1.29, 1.82) is 0 Å². The number of benzene rings is 4. The van der Waals surface area contributed by atoms with Crippen LogP contribution in [0.15, 0.2) is 102 Å². The highest BCUT2D eigenvalue weighted by Gasteiger charge is 2.38. The van der Waals surface area contributed by atoms with Crippen LogP contribution in [0.2, 0.25) is 0 Å². The van der Waals surface area contributed by atoms with E-state index in [1.54, 1.807) is 7.11 Å². The van der Waals surface area contributed by atoms with Gasteiger partial charge in [0, 0.05) is 42.7 Å². The highest BCUT2D eigenvalue weighted by molar-refractivity contribution is 7.03. The first-order valence-corrected chi connectivity index (χ1v) is 21.6. The van der Waals surface area contributed by atoms with Crippen molar-refractivity contribution in [2.45, 2.75) is 70.6 Å². The Morgan fingerprint density at radius 3 is 1.97 bits per heavy atom. The van der Waals surface area contributed by atoms with Gasteiger partial charge in [-0.15, -0.1) is 5.10 Å². The van der Waals surface area contributed by atoms with Crippen LogP contribution in [-0.4, -0.2) is 81.7 Å². The number of carbonyl (C=O) groups excluding carboxylic acids is 2. The Kier molecular flexibility index (Phi) is 16.0. The van der Waals surface area contributed by atoms with E-state index in [0.717, 1.165) is 88.2 Å². The van der Waals surface area contributed by atoms with Gasteiger partial charge >= 0.3 is 12.1 Å². The third kappa shape index (κ3) is 13.4. The number of ether oxygens (including phenoxy) is 1. The normalized spacial score (nSPS) is 14.8. The van der Waals surface area contributed by atoms with Gasteiger partial charge in [-0.3, -0.25) is 9.59 Å². The molecular weight excluding hydrogens is 804 g/mol. The number of methoxy groups -OCH3 is 1. The number of hydrogen-bond donors (Lipinski definition) is 2. The minimum Gasteiger partial charge on any atom is -0.497 e. The highest BCUT2D eigenvalue weighted by atomic mass is 32.1. The lowest BCUT2D eigenvalue weighted by Crippen LogP contribution is -2.38. The molecule has 14 heteroatoms. The van der Waals surface area contributed by atoms with Crippen LogP contribution in [0.3, 0.4) is 0 Å². The molecule has 0 unspecified atom stereocenters. The van der Waals surface area contributed by atoms with Crippen LogP contribution in [0.5, 0.6) is 5.75 Å². The zero-order chi connectivity index (χ0) is 43.2. The molecule has 2 amide bonds. The monoisotopic (exact) mass is 855 g/mol. The fourth-order valence-electron chi connectivity index (χ4n) is 7.98. The number of halogens is 3. The van der Waals surface area contributed by atoms with Crippen LogP contribution in [0, 0.1) is 11.8 Å². The largest absolute Gasteiger partial charge is 0.497 e. The Bertz CT molecular complexity index is 2190. The molecule has 3 heterocycles. The van der Waals surface area contributed by atoms with Gasteiger partial charge in [0.05, 0.1) is 13.5 Å². The SMILES string of the molecule is COc1ccc(CC(=O)N(Cc2cccc(-c3cccc(C(=O)N4CCC(CCCC5CCNCC5)CC4)c3)c2)Cc2cccc(-c3csnn3)c2)cc1.O=C(O)C(F)(F)F. The maximum atomic E-state index is 14.0. The minimum absolute atomic E-state index is 0.0319. The molecule has 2 N–H and O–H groups in total. The first-order chi connectivity index (χ1) is 29.4. The van der Waals surface area contributed by atoms with Gasteiger partial charge in [-0.2, -0.15) is 13.2 Å². The number of carboxylic acid groups (broad SMARTS) is 1. The second kappa shape index (κ2) is 21.8. The molecule has 7 rings (SSSR count). The third-order valence-electron chi connectivity index (χ3n) is 11.4. The Morgan fingerprint density at radius 2 is 1.38 bits per heavy atom. The Labute approximate surface area is 358 Å². The number of hydrogen-bond acceptors (Lipinski definition) is 8. The molecule has 2 aliphatic rings. The van der Waals surface area contributed by atoms with Gasteiger partial charge in [-0.25, -0.2) is 4.79 Å². The molecule has 4 aromatic carbocycles. The molecule has 0 spiro atoms. The number of alkyl halides is 3. The lowest BCUT2D eigenvalue weighted by molar-refractivity contribution is -0.192. The molecular formula is C47H52F3N5O5S. The summed E-state index contributed by atoms with van der Waals surface area (Å²) in [5, 5.41) is 16.8. The molecule has 0 aliphatic carbocycles. The predicted molar refractivity (Wildman–Crippen MR) is 230 cm³/mol. The number of amides is 2. The lowest BCUT2D eigenvalue weighted by Gasteiger charge is -2.32. The Balaban J connectivity index is 0.000000819. The second-order valence-electron chi connectivity index (χ2n) is 15.7. The summed E-state index contributed by atoms with van der Waals surface area (Å²) in [5.41, 5.74) is 7.53. The van der Waals surface area contributed by atoms with Crippen LogP contribution in [0.1, 0.15) is 72.0 Å². The van der Waals surface area contributed by atoms with E-state index in [-0.39, 0.29) is 18.2 Å². The van der Waals surface area contributed by atoms with Gasteiger partial charge in [-0.1, -0.05) is 84.4 Å². The third-order valence-corrected chi connectivity index (χ3v) is 11.9. The Hall–Kier alpha value is -5.60. The molecule has 10 nitrogen and oxygen atoms in total. The van der Waals surface area contributed by atoms with Crippen molar-refractivity contribution in [2.75, 3.05) is 33.3 Å². The standard InChI is InChI=1S/C45H51N5O3S.C2HF3O2/c1-53-42-16-14-35(15-17-42)28-44(51)50(31-37-9-4-12-40(27-37)43-32-54-48-47-43)30-36-8-3-10-38(26-36)39-11-5-13-41(29-39)45(52)49-24-20-34(21-25-49)7-2-6-33-18-22-46-23-19-33;3-2(4,5)1(6)7/h3-5,8-17,26-27,29,32-34,46H,2,6-7,18-25,28,30-31H2,1H3;(H,6,7). The first kappa shape index (κ1) is 44.9. The van der Waals surface area contributed by atoms with E-state index in [1.165, 1.54) is 56.7 Å². The smallest absolute Gasteiger partial charge is 0.490 e. The minimum atomic E-state index is -5.08. The molecule has 0 atom stereocenters. The fourth-order valence-corrected chi connectivity index (χ4v) is 8.44. The number of aromatic nitrogens is 2. The number of nitrogens with zero attached hydrogens (tertiary/aromatic N) is 4. The van der Waals surface area contributed by atoms with Crippen molar-refractivity contribution in [2.24, 2.45) is 11.8 Å². The average Bonchev–Trinajstić information content (AvgIpc) is 3.83. The highest BCUT2D eigenvalue weighted by Crippen LogP contribution is 2.29. The molecule has 0 radical (unpaired) electrons. The fraction of sp³-hybridized carbons (Fsp3) is 0.383. The van der Waals surface area contributed by atoms with Crippen LogP contribution < -0.4 is 10.1 Å². The van der Waals surface area contributed by atoms with Crippen molar-refractivity contribution in [1.82, 2.24) is 24.7 Å². The molecule has 2 fully saturated rings. The number of rotatable bonds is 14. The molecule has 61 heavy (non-hydrogen) atoms. The summed E-state index contributed by atoms with van der Waals surface area (Å²) in [6.45, 7) is 4.90. The molecule has 0 bridgehead atoms. The first-order valence-electron chi connectivity index (χ1n) is 20.7. The molecule has 322 valence electrons. The lowest BCUT2D eigenvalue weighted by atomic mass is 9.87. The maximum Gasteiger partial charge on any atom is 0.490 e. The van der Waals surface area contributed by atoms with Gasteiger partial charge in [0.15, 0.2) is 0 Å². The number of aliphatic carboxylic acids is 1. The number of carbonyl (C=O) groups is 3. The van der Waals surface area contributed by atoms with E-state index in [1.807, 2.05) is 75.8 Å². The van der Waals surface area contributed by atoms with Gasteiger partial charge in [-0.05, 0) is 126 Å². The van der Waals surface area contributed by atoms with E-state index >= 15 is 0 Å². The summed E-state index contributed by atoms with van der Waals surface area (Å²) >= 11 is 1.32. The maximum absolute atomic E-state index is 14.0. The number of carboxylic acids is 1. The van der Waals surface area contributed by atoms with Crippen molar-refractivity contribution in [3.05, 3.63) is 125 Å². The number of likely N-dealkylation sites (tertiary alicyclic amines) is 1. The number of nitrogens with one attached hydrogen (secondary N) is 1. The van der Waals surface area contributed by atoms with Crippen LogP contribution in [-0.2, 0) is 29.1 Å². The van der Waals surface area contributed by atoms with E-state index in [9.17, 15) is 22.8 Å². The molecule has 5 aromatic rings. The Morgan fingerprint density at radius 1 is 0.803 bits per heavy atom. The van der Waals surface area contributed by atoms with Crippen molar-refractivity contribution < 1.29 is 37.4 Å². The summed E-state index contributed by atoms with van der Waals surface area (Å²) in [6, 6.07) is 32.2. The molecule has 2 aliphatic heterocycles.